The average molecular weight is 313 g/mol. The molecule has 0 spiro atoms. The normalized spacial score (nSPS) is 18.0. The summed E-state index contributed by atoms with van der Waals surface area (Å²) in [5, 5.41) is 0. The van der Waals surface area contributed by atoms with Crippen molar-refractivity contribution in [2.24, 2.45) is 0 Å². The van der Waals surface area contributed by atoms with Crippen molar-refractivity contribution >= 4 is 5.91 Å². The van der Waals surface area contributed by atoms with E-state index >= 15 is 0 Å². The number of aromatic nitrogens is 4. The zero-order chi connectivity index (χ0) is 16.4. The summed E-state index contributed by atoms with van der Waals surface area (Å²) >= 11 is 0. The number of H-pyrrole nitrogens is 1. The highest BCUT2D eigenvalue weighted by molar-refractivity contribution is 5.92. The van der Waals surface area contributed by atoms with Crippen molar-refractivity contribution in [3.63, 3.8) is 0 Å². The Bertz CT molecular complexity index is 786. The lowest BCUT2D eigenvalue weighted by molar-refractivity contribution is 0.0699. The smallest absolute Gasteiger partial charge is 0.337 e. The van der Waals surface area contributed by atoms with Gasteiger partial charge in [0.15, 0.2) is 0 Å². The Hall–Kier alpha value is -2.57. The Morgan fingerprint density at radius 3 is 2.87 bits per heavy atom. The summed E-state index contributed by atoms with van der Waals surface area (Å²) in [6, 6.07) is 1.61. The Balaban J connectivity index is 1.80. The summed E-state index contributed by atoms with van der Waals surface area (Å²) in [5.41, 5.74) is 2.12. The van der Waals surface area contributed by atoms with E-state index in [1.807, 2.05) is 6.92 Å². The fourth-order valence-electron chi connectivity index (χ4n) is 2.93. The third-order valence-electron chi connectivity index (χ3n) is 4.00. The van der Waals surface area contributed by atoms with Crippen LogP contribution in [-0.2, 0) is 0 Å². The van der Waals surface area contributed by atoms with Gasteiger partial charge in [-0.05, 0) is 32.8 Å². The third-order valence-corrected chi connectivity index (χ3v) is 4.00. The highest BCUT2D eigenvalue weighted by Crippen LogP contribution is 2.26. The molecule has 1 amide bonds. The molecule has 1 aliphatic heterocycles. The van der Waals surface area contributed by atoms with E-state index in [4.69, 9.17) is 0 Å². The fraction of sp³-hybridized carbons (Fsp3) is 0.438. The van der Waals surface area contributed by atoms with Crippen LogP contribution >= 0.6 is 0 Å². The van der Waals surface area contributed by atoms with Crippen LogP contribution in [0.25, 0.3) is 0 Å². The maximum Gasteiger partial charge on any atom is 0.345 e. The zero-order valence-electron chi connectivity index (χ0n) is 13.2. The van der Waals surface area contributed by atoms with Crippen molar-refractivity contribution in [2.45, 2.75) is 32.6 Å². The first-order chi connectivity index (χ1) is 11.0. The molecule has 0 bridgehead atoms. The van der Waals surface area contributed by atoms with Crippen LogP contribution < -0.4 is 5.69 Å². The average Bonchev–Trinajstić information content (AvgIpc) is 2.53. The topological polar surface area (TPSA) is 91.8 Å². The molecule has 3 heterocycles. The summed E-state index contributed by atoms with van der Waals surface area (Å²) in [6.45, 7) is 4.89. The largest absolute Gasteiger partial charge is 0.345 e. The van der Waals surface area contributed by atoms with Crippen LogP contribution in [0.3, 0.4) is 0 Å². The predicted molar refractivity (Wildman–Crippen MR) is 84.2 cm³/mol. The Labute approximate surface area is 133 Å². The van der Waals surface area contributed by atoms with Gasteiger partial charge in [0.2, 0.25) is 0 Å². The number of nitrogens with one attached hydrogen (secondary N) is 1. The maximum atomic E-state index is 12.6. The molecule has 23 heavy (non-hydrogen) atoms. The Morgan fingerprint density at radius 1 is 1.30 bits per heavy atom. The molecule has 2 aromatic heterocycles. The van der Waals surface area contributed by atoms with Crippen molar-refractivity contribution in [3.05, 3.63) is 51.7 Å². The van der Waals surface area contributed by atoms with E-state index in [0.717, 1.165) is 24.2 Å². The van der Waals surface area contributed by atoms with Crippen LogP contribution in [0.2, 0.25) is 0 Å². The molecule has 0 radical (unpaired) electrons. The van der Waals surface area contributed by atoms with Crippen LogP contribution in [0.15, 0.2) is 23.3 Å². The second-order valence-electron chi connectivity index (χ2n) is 5.93. The fourth-order valence-corrected chi connectivity index (χ4v) is 2.93. The van der Waals surface area contributed by atoms with Gasteiger partial charge in [-0.2, -0.15) is 4.98 Å². The van der Waals surface area contributed by atoms with Gasteiger partial charge in [0.1, 0.15) is 5.69 Å². The Kier molecular flexibility index (Phi) is 4.18. The van der Waals surface area contributed by atoms with Gasteiger partial charge in [0.25, 0.3) is 5.91 Å². The van der Waals surface area contributed by atoms with Crippen LogP contribution in [-0.4, -0.2) is 43.8 Å². The quantitative estimate of drug-likeness (QED) is 0.899. The molecule has 1 atom stereocenters. The zero-order valence-corrected chi connectivity index (χ0v) is 13.2. The minimum atomic E-state index is -0.494. The number of carbonyl (C=O) groups excluding carboxylic acids is 1. The van der Waals surface area contributed by atoms with Crippen molar-refractivity contribution in [1.29, 1.82) is 0 Å². The number of amides is 1. The van der Waals surface area contributed by atoms with E-state index in [2.05, 4.69) is 19.9 Å². The third kappa shape index (κ3) is 3.44. The lowest BCUT2D eigenvalue weighted by Gasteiger charge is -2.32. The number of likely N-dealkylation sites (tertiary alicyclic amines) is 1. The Morgan fingerprint density at radius 2 is 2.13 bits per heavy atom. The summed E-state index contributed by atoms with van der Waals surface area (Å²) < 4.78 is 0. The highest BCUT2D eigenvalue weighted by Gasteiger charge is 2.27. The lowest BCUT2D eigenvalue weighted by atomic mass is 9.94. The molecular weight excluding hydrogens is 294 g/mol. The van der Waals surface area contributed by atoms with Crippen molar-refractivity contribution in [2.75, 3.05) is 13.1 Å². The van der Waals surface area contributed by atoms with E-state index in [0.29, 0.717) is 18.8 Å². The molecule has 7 nitrogen and oxygen atoms in total. The van der Waals surface area contributed by atoms with Crippen LogP contribution in [0.5, 0.6) is 0 Å². The van der Waals surface area contributed by atoms with E-state index in [1.165, 1.54) is 0 Å². The molecule has 1 saturated heterocycles. The maximum absolute atomic E-state index is 12.6. The number of rotatable bonds is 2. The van der Waals surface area contributed by atoms with Crippen LogP contribution in [0.1, 0.15) is 46.3 Å². The molecule has 1 aliphatic rings. The summed E-state index contributed by atoms with van der Waals surface area (Å²) in [7, 11) is 0. The second-order valence-corrected chi connectivity index (χ2v) is 5.93. The minimum Gasteiger partial charge on any atom is -0.337 e. The molecule has 2 aromatic rings. The van der Waals surface area contributed by atoms with Gasteiger partial charge in [-0.15, -0.1) is 0 Å². The number of carbonyl (C=O) groups is 1. The molecule has 7 heteroatoms. The molecule has 120 valence electrons. The molecule has 3 rings (SSSR count). The van der Waals surface area contributed by atoms with E-state index in [-0.39, 0.29) is 17.5 Å². The van der Waals surface area contributed by atoms with Crippen LogP contribution in [0.4, 0.5) is 0 Å². The number of piperidine rings is 1. The van der Waals surface area contributed by atoms with Gasteiger partial charge in [-0.25, -0.2) is 4.79 Å². The van der Waals surface area contributed by atoms with Crippen molar-refractivity contribution in [1.82, 2.24) is 24.8 Å². The second kappa shape index (κ2) is 6.28. The number of aryl methyl sites for hydroxylation is 2. The molecule has 0 aliphatic carbocycles. The molecule has 0 saturated carbocycles. The summed E-state index contributed by atoms with van der Waals surface area (Å²) in [4.78, 5) is 40.9. The molecule has 1 fully saturated rings. The first-order valence-electron chi connectivity index (χ1n) is 7.69. The summed E-state index contributed by atoms with van der Waals surface area (Å²) in [6.07, 6.45) is 5.36. The van der Waals surface area contributed by atoms with Crippen molar-refractivity contribution < 1.29 is 4.79 Å². The van der Waals surface area contributed by atoms with E-state index in [1.54, 1.807) is 30.3 Å². The first-order valence-corrected chi connectivity index (χ1v) is 7.69. The number of hydrogen-bond donors (Lipinski definition) is 1. The van der Waals surface area contributed by atoms with Gasteiger partial charge in [-0.3, -0.25) is 14.8 Å². The van der Waals surface area contributed by atoms with Gasteiger partial charge in [0, 0.05) is 37.1 Å². The molecule has 0 aromatic carbocycles. The molecule has 0 unspecified atom stereocenters. The first kappa shape index (κ1) is 15.3. The van der Waals surface area contributed by atoms with Gasteiger partial charge < -0.3 is 9.88 Å². The number of aromatic amines is 1. The SMILES string of the molecule is Cc1cncc([C@@H]2CCCN(C(=O)c3cc(C)[nH]c(=O)n3)C2)n1. The number of hydrogen-bond acceptors (Lipinski definition) is 5. The molecular formula is C16H19N5O2. The van der Waals surface area contributed by atoms with Crippen molar-refractivity contribution in [3.8, 4) is 0 Å². The van der Waals surface area contributed by atoms with Gasteiger partial charge >= 0.3 is 5.69 Å². The van der Waals surface area contributed by atoms with E-state index in [9.17, 15) is 9.59 Å². The lowest BCUT2D eigenvalue weighted by Crippen LogP contribution is -2.40. The van der Waals surface area contributed by atoms with E-state index < -0.39 is 5.69 Å². The standard InChI is InChI=1S/C16H19N5O2/c1-10-6-13(20-16(23)19-10)15(22)21-5-3-4-12(9-21)14-8-17-7-11(2)18-14/h6-8,12H,3-5,9H2,1-2H3,(H,19,20,23)/t12-/m1/s1. The summed E-state index contributed by atoms with van der Waals surface area (Å²) in [5.74, 6) is -0.0345. The number of nitrogens with zero attached hydrogens (tertiary/aromatic N) is 4. The molecule has 1 N–H and O–H groups in total. The van der Waals surface area contributed by atoms with Crippen LogP contribution in [0, 0.1) is 13.8 Å². The van der Waals surface area contributed by atoms with Gasteiger partial charge in [0.05, 0.1) is 11.4 Å². The predicted octanol–water partition coefficient (Wildman–Crippen LogP) is 1.20. The van der Waals surface area contributed by atoms with Gasteiger partial charge in [-0.1, -0.05) is 0 Å². The highest BCUT2D eigenvalue weighted by atomic mass is 16.2. The minimum absolute atomic E-state index is 0.170. The monoisotopic (exact) mass is 313 g/mol.